The lowest BCUT2D eigenvalue weighted by Crippen LogP contribution is -2.41. The largest absolute Gasteiger partial charge is 0.392 e. The number of aliphatic hydroxyl groups excluding tert-OH is 1. The third-order valence-electron chi connectivity index (χ3n) is 8.02. The number of fused-ring (bicyclic) bond motifs is 1. The van der Waals surface area contributed by atoms with Crippen LogP contribution >= 0.6 is 34.8 Å². The summed E-state index contributed by atoms with van der Waals surface area (Å²) in [5.74, 6) is 0.612. The molecule has 9 nitrogen and oxygen atoms in total. The van der Waals surface area contributed by atoms with Crippen LogP contribution in [0.5, 0.6) is 0 Å². The molecule has 2 aliphatic carbocycles. The van der Waals surface area contributed by atoms with Crippen molar-refractivity contribution in [2.75, 3.05) is 10.6 Å². The van der Waals surface area contributed by atoms with Gasteiger partial charge in [-0.3, -0.25) is 9.36 Å². The van der Waals surface area contributed by atoms with Crippen LogP contribution < -0.4 is 16.4 Å². The maximum atomic E-state index is 11.8. The number of imidazole rings is 1. The molecule has 3 aromatic rings. The highest BCUT2D eigenvalue weighted by Gasteiger charge is 2.35. The van der Waals surface area contributed by atoms with Crippen molar-refractivity contribution in [1.82, 2.24) is 19.5 Å². The van der Waals surface area contributed by atoms with Gasteiger partial charge in [0.15, 0.2) is 5.65 Å². The first-order valence-corrected chi connectivity index (χ1v) is 14.1. The Balaban J connectivity index is 1.49. The van der Waals surface area contributed by atoms with Gasteiger partial charge in [0.05, 0.1) is 28.0 Å². The van der Waals surface area contributed by atoms with E-state index < -0.39 is 6.10 Å². The maximum Gasteiger partial charge on any atom is 0.224 e. The van der Waals surface area contributed by atoms with Crippen LogP contribution in [0.25, 0.3) is 11.2 Å². The van der Waals surface area contributed by atoms with Gasteiger partial charge in [-0.25, -0.2) is 9.97 Å². The molecule has 1 aromatic carbocycles. The molecular formula is C26H32Cl3N7O2. The predicted molar refractivity (Wildman–Crippen MR) is 151 cm³/mol. The molecule has 2 heterocycles. The van der Waals surface area contributed by atoms with Gasteiger partial charge in [0.1, 0.15) is 5.52 Å². The Hall–Kier alpha value is -2.33. The average molecular weight is 581 g/mol. The summed E-state index contributed by atoms with van der Waals surface area (Å²) >= 11 is 19.0. The van der Waals surface area contributed by atoms with Crippen LogP contribution in [-0.4, -0.2) is 42.7 Å². The molecule has 0 aliphatic heterocycles. The Labute approximate surface area is 236 Å². The molecular weight excluding hydrogens is 549 g/mol. The lowest BCUT2D eigenvalue weighted by molar-refractivity contribution is -0.122. The first-order valence-electron chi connectivity index (χ1n) is 12.9. The van der Waals surface area contributed by atoms with Crippen molar-refractivity contribution in [2.45, 2.75) is 77.0 Å². The molecule has 0 bridgehead atoms. The first kappa shape index (κ1) is 27.2. The first-order chi connectivity index (χ1) is 18.0. The smallest absolute Gasteiger partial charge is 0.224 e. The lowest BCUT2D eigenvalue weighted by atomic mass is 9.73. The number of aromatic nitrogens is 4. The quantitative estimate of drug-likeness (QED) is 0.277. The summed E-state index contributed by atoms with van der Waals surface area (Å²) in [7, 11) is 0. The van der Waals surface area contributed by atoms with E-state index >= 15 is 0 Å². The minimum absolute atomic E-state index is 0.0306. The summed E-state index contributed by atoms with van der Waals surface area (Å²) in [5.41, 5.74) is 7.24. The molecule has 0 spiro atoms. The molecule has 2 aromatic heterocycles. The summed E-state index contributed by atoms with van der Waals surface area (Å²) in [6.07, 6.45) is 6.61. The standard InChI is InChI=1S/C26H32Cl3N7O2/c1-26(2)8-7-15(11-20(26)37)32-24-31-12-19-23(35-24)36(16-5-3-13(4-6-16)22(30)38)25(33-19)34-21-17(28)9-14(27)10-18(21)29/h9-10,12-13,15-16,20,37H,3-8,11H2,1-2H3,(H2,30,38)(H,33,34)(H,31,32,35)/t13-,15-,16+,20-/m1/s1. The van der Waals surface area contributed by atoms with Crippen LogP contribution in [0.1, 0.15) is 64.8 Å². The molecule has 5 rings (SSSR count). The molecule has 0 saturated heterocycles. The zero-order valence-electron chi connectivity index (χ0n) is 21.3. The predicted octanol–water partition coefficient (Wildman–Crippen LogP) is 6.10. The van der Waals surface area contributed by atoms with Crippen LogP contribution in [0, 0.1) is 11.3 Å². The van der Waals surface area contributed by atoms with E-state index in [9.17, 15) is 9.90 Å². The Morgan fingerprint density at radius 3 is 2.42 bits per heavy atom. The van der Waals surface area contributed by atoms with Crippen LogP contribution in [0.2, 0.25) is 15.1 Å². The second-order valence-corrected chi connectivity index (χ2v) is 12.4. The Bertz CT molecular complexity index is 1330. The molecule has 0 unspecified atom stereocenters. The highest BCUT2D eigenvalue weighted by Crippen LogP contribution is 2.40. The molecule has 0 radical (unpaired) electrons. The van der Waals surface area contributed by atoms with Crippen molar-refractivity contribution in [3.05, 3.63) is 33.4 Å². The van der Waals surface area contributed by atoms with E-state index in [0.717, 1.165) is 25.7 Å². The number of carbonyl (C=O) groups excluding carboxylic acids is 1. The number of amides is 1. The number of hydrogen-bond acceptors (Lipinski definition) is 7. The second-order valence-electron chi connectivity index (χ2n) is 11.1. The average Bonchev–Trinajstić information content (AvgIpc) is 3.21. The van der Waals surface area contributed by atoms with Gasteiger partial charge in [0.2, 0.25) is 17.8 Å². The summed E-state index contributed by atoms with van der Waals surface area (Å²) in [5, 5.41) is 18.4. The van der Waals surface area contributed by atoms with Crippen molar-refractivity contribution < 1.29 is 9.90 Å². The zero-order chi connectivity index (χ0) is 27.2. The minimum Gasteiger partial charge on any atom is -0.392 e. The zero-order valence-corrected chi connectivity index (χ0v) is 23.6. The van der Waals surface area contributed by atoms with Gasteiger partial charge in [0, 0.05) is 23.0 Å². The van der Waals surface area contributed by atoms with Crippen molar-refractivity contribution in [1.29, 1.82) is 0 Å². The second kappa shape index (κ2) is 10.7. The number of nitrogens with one attached hydrogen (secondary N) is 2. The van der Waals surface area contributed by atoms with E-state index in [1.54, 1.807) is 18.3 Å². The van der Waals surface area contributed by atoms with Crippen LogP contribution in [0.3, 0.4) is 0 Å². The fourth-order valence-electron chi connectivity index (χ4n) is 5.52. The van der Waals surface area contributed by atoms with E-state index in [1.807, 2.05) is 4.57 Å². The summed E-state index contributed by atoms with van der Waals surface area (Å²) < 4.78 is 2.04. The normalized spacial score (nSPS) is 25.3. The molecule has 38 heavy (non-hydrogen) atoms. The van der Waals surface area contributed by atoms with Crippen molar-refractivity contribution in [3.8, 4) is 0 Å². The fourth-order valence-corrected chi connectivity index (χ4v) is 6.43. The van der Waals surface area contributed by atoms with E-state index in [4.69, 9.17) is 50.5 Å². The van der Waals surface area contributed by atoms with Crippen LogP contribution in [0.4, 0.5) is 17.6 Å². The van der Waals surface area contributed by atoms with Crippen LogP contribution in [0.15, 0.2) is 18.3 Å². The number of carbonyl (C=O) groups is 1. The van der Waals surface area contributed by atoms with Crippen molar-refractivity contribution >= 4 is 69.5 Å². The summed E-state index contributed by atoms with van der Waals surface area (Å²) in [6, 6.07) is 3.33. The molecule has 12 heteroatoms. The number of benzene rings is 1. The third kappa shape index (κ3) is 5.52. The van der Waals surface area contributed by atoms with E-state index in [-0.39, 0.29) is 29.3 Å². The lowest BCUT2D eigenvalue weighted by Gasteiger charge is -2.39. The van der Waals surface area contributed by atoms with Gasteiger partial charge < -0.3 is 21.5 Å². The van der Waals surface area contributed by atoms with Crippen molar-refractivity contribution in [3.63, 3.8) is 0 Å². The number of nitrogens with two attached hydrogens (primary N) is 1. The highest BCUT2D eigenvalue weighted by atomic mass is 35.5. The Morgan fingerprint density at radius 2 is 1.79 bits per heavy atom. The molecule has 5 N–H and O–H groups in total. The summed E-state index contributed by atoms with van der Waals surface area (Å²) in [6.45, 7) is 4.19. The van der Waals surface area contributed by atoms with E-state index in [2.05, 4.69) is 29.5 Å². The Morgan fingerprint density at radius 1 is 1.11 bits per heavy atom. The molecule has 1 amide bonds. The number of rotatable bonds is 6. The number of hydrogen-bond donors (Lipinski definition) is 4. The molecule has 2 saturated carbocycles. The topological polar surface area (TPSA) is 131 Å². The van der Waals surface area contributed by atoms with Crippen LogP contribution in [-0.2, 0) is 4.79 Å². The summed E-state index contributed by atoms with van der Waals surface area (Å²) in [4.78, 5) is 25.9. The maximum absolute atomic E-state index is 11.8. The van der Waals surface area contributed by atoms with Gasteiger partial charge in [-0.05, 0) is 62.5 Å². The molecule has 204 valence electrons. The number of primary amides is 1. The highest BCUT2D eigenvalue weighted by molar-refractivity contribution is 6.41. The van der Waals surface area contributed by atoms with Crippen molar-refractivity contribution in [2.24, 2.45) is 17.1 Å². The van der Waals surface area contributed by atoms with Gasteiger partial charge >= 0.3 is 0 Å². The monoisotopic (exact) mass is 579 g/mol. The number of halogens is 3. The van der Waals surface area contributed by atoms with Gasteiger partial charge in [-0.2, -0.15) is 4.98 Å². The number of nitrogens with zero attached hydrogens (tertiary/aromatic N) is 4. The third-order valence-corrected chi connectivity index (χ3v) is 8.84. The number of anilines is 3. The van der Waals surface area contributed by atoms with Gasteiger partial charge in [-0.1, -0.05) is 48.7 Å². The van der Waals surface area contributed by atoms with Gasteiger partial charge in [0.25, 0.3) is 0 Å². The fraction of sp³-hybridized carbons (Fsp3) is 0.538. The number of aliphatic hydroxyl groups is 1. The Kier molecular flexibility index (Phi) is 7.66. The molecule has 2 fully saturated rings. The molecule has 2 aliphatic rings. The SMILES string of the molecule is CC1(C)CC[C@@H](Nc2ncc3nc(Nc4c(Cl)cc(Cl)cc4Cl)n([C@H]4CC[C@@H](C(N)=O)CC4)c3n2)C[C@H]1O. The minimum atomic E-state index is -0.395. The van der Waals surface area contributed by atoms with Gasteiger partial charge in [-0.15, -0.1) is 0 Å². The molecule has 2 atom stereocenters. The van der Waals surface area contributed by atoms with E-state index in [1.165, 1.54) is 0 Å². The van der Waals surface area contributed by atoms with E-state index in [0.29, 0.717) is 63.1 Å².